The van der Waals surface area contributed by atoms with Gasteiger partial charge in [0.2, 0.25) is 0 Å². The van der Waals surface area contributed by atoms with Crippen LogP contribution in [0.15, 0.2) is 30.3 Å². The lowest BCUT2D eigenvalue weighted by molar-refractivity contribution is -0.144. The number of rotatable bonds is 2. The molecule has 2 rings (SSSR count). The van der Waals surface area contributed by atoms with Gasteiger partial charge >= 0.3 is 5.97 Å². The smallest absolute Gasteiger partial charge is 0.322 e. The van der Waals surface area contributed by atoms with Crippen molar-refractivity contribution in [1.82, 2.24) is 5.32 Å². The number of ether oxygens (including phenoxy) is 1. The van der Waals surface area contributed by atoms with Gasteiger partial charge in [0.05, 0.1) is 7.11 Å². The Bertz CT molecular complexity index is 377. The van der Waals surface area contributed by atoms with Crippen molar-refractivity contribution < 1.29 is 9.53 Å². The molecule has 3 heteroatoms. The van der Waals surface area contributed by atoms with Crippen LogP contribution in [-0.2, 0) is 9.53 Å². The highest BCUT2D eigenvalue weighted by molar-refractivity contribution is 5.75. The summed E-state index contributed by atoms with van der Waals surface area (Å²) in [5.41, 5.74) is 1.24. The zero-order valence-electron chi connectivity index (χ0n) is 10.3. The molecule has 0 amide bonds. The summed E-state index contributed by atoms with van der Waals surface area (Å²) in [7, 11) is 1.44. The van der Waals surface area contributed by atoms with Gasteiger partial charge in [-0.3, -0.25) is 10.1 Å². The van der Waals surface area contributed by atoms with Gasteiger partial charge in [0.25, 0.3) is 0 Å². The molecule has 1 aliphatic heterocycles. The molecule has 1 aliphatic rings. The second kappa shape index (κ2) is 5.32. The van der Waals surface area contributed by atoms with Crippen molar-refractivity contribution in [2.75, 3.05) is 7.11 Å². The molecular formula is C14H19NO2. The monoisotopic (exact) mass is 233 g/mol. The van der Waals surface area contributed by atoms with E-state index in [2.05, 4.69) is 24.4 Å². The molecule has 1 aromatic carbocycles. The lowest BCUT2D eigenvalue weighted by Gasteiger charge is -2.34. The lowest BCUT2D eigenvalue weighted by atomic mass is 9.85. The van der Waals surface area contributed by atoms with Crippen molar-refractivity contribution in [3.63, 3.8) is 0 Å². The Balaban J connectivity index is 2.13. The summed E-state index contributed by atoms with van der Waals surface area (Å²) in [4.78, 5) is 11.6. The molecular weight excluding hydrogens is 214 g/mol. The zero-order chi connectivity index (χ0) is 12.3. The van der Waals surface area contributed by atoms with Crippen LogP contribution in [0.1, 0.15) is 31.4 Å². The Hall–Kier alpha value is -1.35. The largest absolute Gasteiger partial charge is 0.468 e. The molecule has 1 saturated heterocycles. The first-order chi connectivity index (χ1) is 8.22. The average Bonchev–Trinajstić information content (AvgIpc) is 2.39. The van der Waals surface area contributed by atoms with Gasteiger partial charge in [0, 0.05) is 6.04 Å². The van der Waals surface area contributed by atoms with E-state index in [4.69, 9.17) is 4.74 Å². The molecule has 1 N–H and O–H groups in total. The van der Waals surface area contributed by atoms with Crippen LogP contribution < -0.4 is 5.32 Å². The predicted molar refractivity (Wildman–Crippen MR) is 66.5 cm³/mol. The van der Waals surface area contributed by atoms with Crippen molar-refractivity contribution in [1.29, 1.82) is 0 Å². The third-order valence-corrected chi connectivity index (χ3v) is 3.50. The molecule has 1 fully saturated rings. The second-order valence-corrected chi connectivity index (χ2v) is 4.69. The number of benzene rings is 1. The van der Waals surface area contributed by atoms with E-state index in [1.807, 2.05) is 18.2 Å². The minimum absolute atomic E-state index is 0.155. The van der Waals surface area contributed by atoms with Crippen LogP contribution in [0.2, 0.25) is 0 Å². The molecule has 3 nitrogen and oxygen atoms in total. The molecule has 0 aromatic heterocycles. The molecule has 17 heavy (non-hydrogen) atoms. The van der Waals surface area contributed by atoms with Gasteiger partial charge in [-0.2, -0.15) is 0 Å². The highest BCUT2D eigenvalue weighted by Gasteiger charge is 2.32. The van der Waals surface area contributed by atoms with Crippen LogP contribution in [0.5, 0.6) is 0 Å². The quantitative estimate of drug-likeness (QED) is 0.796. The molecule has 92 valence electrons. The van der Waals surface area contributed by atoms with Gasteiger partial charge in [-0.05, 0) is 24.3 Å². The minimum atomic E-state index is -0.165. The van der Waals surface area contributed by atoms with Gasteiger partial charge in [-0.15, -0.1) is 0 Å². The van der Waals surface area contributed by atoms with E-state index < -0.39 is 0 Å². The van der Waals surface area contributed by atoms with E-state index >= 15 is 0 Å². The van der Waals surface area contributed by atoms with E-state index in [0.29, 0.717) is 5.92 Å². The summed E-state index contributed by atoms with van der Waals surface area (Å²) in [5.74, 6) is 0.385. The Labute approximate surface area is 102 Å². The number of hydrogen-bond donors (Lipinski definition) is 1. The molecule has 0 unspecified atom stereocenters. The molecule has 1 heterocycles. The summed E-state index contributed by atoms with van der Waals surface area (Å²) < 4.78 is 4.81. The number of esters is 1. The van der Waals surface area contributed by atoms with Crippen molar-refractivity contribution in [3.05, 3.63) is 35.9 Å². The van der Waals surface area contributed by atoms with Crippen LogP contribution in [0.4, 0.5) is 0 Å². The van der Waals surface area contributed by atoms with Gasteiger partial charge in [0.15, 0.2) is 0 Å². The van der Waals surface area contributed by atoms with E-state index in [-0.39, 0.29) is 18.1 Å². The number of piperidine rings is 1. The number of hydrogen-bond acceptors (Lipinski definition) is 3. The van der Waals surface area contributed by atoms with E-state index in [1.54, 1.807) is 0 Å². The number of carbonyl (C=O) groups excluding carboxylic acids is 1. The molecule has 0 radical (unpaired) electrons. The number of methoxy groups -OCH3 is 1. The first-order valence-electron chi connectivity index (χ1n) is 6.11. The van der Waals surface area contributed by atoms with Crippen molar-refractivity contribution in [2.24, 2.45) is 5.92 Å². The maximum absolute atomic E-state index is 11.6. The maximum atomic E-state index is 11.6. The highest BCUT2D eigenvalue weighted by atomic mass is 16.5. The molecule has 0 saturated carbocycles. The van der Waals surface area contributed by atoms with Crippen LogP contribution in [0.25, 0.3) is 0 Å². The molecule has 0 spiro atoms. The van der Waals surface area contributed by atoms with Crippen molar-refractivity contribution in [3.8, 4) is 0 Å². The molecule has 0 bridgehead atoms. The first-order valence-corrected chi connectivity index (χ1v) is 6.11. The molecule has 3 atom stereocenters. The van der Waals surface area contributed by atoms with Gasteiger partial charge in [0.1, 0.15) is 6.04 Å². The molecule has 1 aromatic rings. The van der Waals surface area contributed by atoms with E-state index in [9.17, 15) is 4.79 Å². The summed E-state index contributed by atoms with van der Waals surface area (Å²) in [6.07, 6.45) is 1.91. The van der Waals surface area contributed by atoms with Crippen molar-refractivity contribution >= 4 is 5.97 Å². The van der Waals surface area contributed by atoms with Crippen LogP contribution in [0.3, 0.4) is 0 Å². The third-order valence-electron chi connectivity index (χ3n) is 3.50. The van der Waals surface area contributed by atoms with Gasteiger partial charge in [-0.1, -0.05) is 37.3 Å². The minimum Gasteiger partial charge on any atom is -0.468 e. The third kappa shape index (κ3) is 2.67. The topological polar surface area (TPSA) is 38.3 Å². The van der Waals surface area contributed by atoms with Crippen LogP contribution >= 0.6 is 0 Å². The van der Waals surface area contributed by atoms with Crippen molar-refractivity contribution in [2.45, 2.75) is 31.8 Å². The van der Waals surface area contributed by atoms with E-state index in [1.165, 1.54) is 12.7 Å². The SMILES string of the molecule is COC(=O)[C@@H]1CC[C@@H](C)[C@H](c2ccccc2)N1. The Kier molecular flexibility index (Phi) is 3.79. The Morgan fingerprint density at radius 3 is 2.65 bits per heavy atom. The normalized spacial score (nSPS) is 28.7. The summed E-state index contributed by atoms with van der Waals surface area (Å²) in [6.45, 7) is 2.22. The number of nitrogens with one attached hydrogen (secondary N) is 1. The molecule has 0 aliphatic carbocycles. The lowest BCUT2D eigenvalue weighted by Crippen LogP contribution is -2.46. The summed E-state index contributed by atoms with van der Waals surface area (Å²) >= 11 is 0. The number of carbonyl (C=O) groups is 1. The second-order valence-electron chi connectivity index (χ2n) is 4.69. The average molecular weight is 233 g/mol. The van der Waals surface area contributed by atoms with Crippen LogP contribution in [-0.4, -0.2) is 19.1 Å². The van der Waals surface area contributed by atoms with E-state index in [0.717, 1.165) is 12.8 Å². The predicted octanol–water partition coefficient (Wildman–Crippen LogP) is 2.29. The highest BCUT2D eigenvalue weighted by Crippen LogP contribution is 2.31. The Morgan fingerprint density at radius 2 is 2.00 bits per heavy atom. The fourth-order valence-corrected chi connectivity index (χ4v) is 2.47. The Morgan fingerprint density at radius 1 is 1.29 bits per heavy atom. The fourth-order valence-electron chi connectivity index (χ4n) is 2.47. The van der Waals surface area contributed by atoms with Gasteiger partial charge < -0.3 is 4.74 Å². The summed E-state index contributed by atoms with van der Waals surface area (Å²) in [5, 5.41) is 3.40. The zero-order valence-corrected chi connectivity index (χ0v) is 10.3. The standard InChI is InChI=1S/C14H19NO2/c1-10-8-9-12(14(16)17-2)15-13(10)11-6-4-3-5-7-11/h3-7,10,12-13,15H,8-9H2,1-2H3/t10-,12+,13-/m1/s1. The van der Waals surface area contributed by atoms with Gasteiger partial charge in [-0.25, -0.2) is 0 Å². The fraction of sp³-hybridized carbons (Fsp3) is 0.500. The van der Waals surface area contributed by atoms with Crippen LogP contribution in [0, 0.1) is 5.92 Å². The first kappa shape index (κ1) is 12.1. The maximum Gasteiger partial charge on any atom is 0.322 e. The summed E-state index contributed by atoms with van der Waals surface area (Å²) in [6, 6.07) is 10.4.